The molecular weight excluding hydrogens is 464 g/mol. The summed E-state index contributed by atoms with van der Waals surface area (Å²) < 4.78 is 31.9. The Balaban J connectivity index is 1.43. The van der Waals surface area contributed by atoms with Gasteiger partial charge in [0.2, 0.25) is 5.95 Å². The first-order valence-corrected chi connectivity index (χ1v) is 12.2. The largest absolute Gasteiger partial charge is 0.324 e. The van der Waals surface area contributed by atoms with Crippen LogP contribution in [0.2, 0.25) is 0 Å². The van der Waals surface area contributed by atoms with Gasteiger partial charge in [0.25, 0.3) is 5.56 Å². The molecule has 1 aliphatic heterocycles. The fourth-order valence-electron chi connectivity index (χ4n) is 5.17. The summed E-state index contributed by atoms with van der Waals surface area (Å²) in [6.45, 7) is 6.44. The van der Waals surface area contributed by atoms with E-state index in [-0.39, 0.29) is 22.5 Å². The molecule has 3 aromatic heterocycles. The van der Waals surface area contributed by atoms with Crippen molar-refractivity contribution < 1.29 is 8.78 Å². The molecule has 6 rings (SSSR count). The van der Waals surface area contributed by atoms with Crippen LogP contribution in [-0.2, 0) is 24.2 Å². The van der Waals surface area contributed by atoms with Gasteiger partial charge in [0.1, 0.15) is 22.6 Å². The predicted molar refractivity (Wildman–Crippen MR) is 133 cm³/mol. The molecule has 1 aromatic carbocycles. The minimum Gasteiger partial charge on any atom is -0.324 e. The smallest absolute Gasteiger partial charge is 0.278 e. The molecule has 4 heterocycles. The molecule has 36 heavy (non-hydrogen) atoms. The number of benzene rings is 1. The van der Waals surface area contributed by atoms with Gasteiger partial charge in [-0.1, -0.05) is 6.07 Å². The first-order chi connectivity index (χ1) is 17.2. The third-order valence-electron chi connectivity index (χ3n) is 7.15. The van der Waals surface area contributed by atoms with Crippen LogP contribution in [-0.4, -0.2) is 30.9 Å². The molecule has 2 N–H and O–H groups in total. The molecule has 0 atom stereocenters. The molecule has 1 spiro atoms. The number of alkyl halides is 1. The highest BCUT2D eigenvalue weighted by atomic mass is 19.1. The van der Waals surface area contributed by atoms with Gasteiger partial charge in [0, 0.05) is 36.9 Å². The van der Waals surface area contributed by atoms with Crippen molar-refractivity contribution in [1.29, 1.82) is 0 Å². The van der Waals surface area contributed by atoms with Gasteiger partial charge in [-0.05, 0) is 69.0 Å². The van der Waals surface area contributed by atoms with Crippen LogP contribution in [0.5, 0.6) is 0 Å². The zero-order valence-electron chi connectivity index (χ0n) is 20.4. The van der Waals surface area contributed by atoms with Gasteiger partial charge >= 0.3 is 0 Å². The van der Waals surface area contributed by atoms with Crippen LogP contribution in [0.3, 0.4) is 0 Å². The van der Waals surface area contributed by atoms with E-state index < -0.39 is 11.5 Å². The first kappa shape index (κ1) is 22.8. The normalized spacial score (nSPS) is 16.4. The maximum atomic E-state index is 14.6. The molecule has 186 valence electrons. The molecule has 0 radical (unpaired) electrons. The Morgan fingerprint density at radius 1 is 1.19 bits per heavy atom. The number of nitrogens with one attached hydrogen (secondary N) is 2. The fourth-order valence-corrected chi connectivity index (χ4v) is 5.17. The zero-order valence-corrected chi connectivity index (χ0v) is 20.4. The van der Waals surface area contributed by atoms with E-state index in [1.54, 1.807) is 6.92 Å². The van der Waals surface area contributed by atoms with Gasteiger partial charge < -0.3 is 10.6 Å². The van der Waals surface area contributed by atoms with Crippen LogP contribution in [0.25, 0.3) is 16.9 Å². The van der Waals surface area contributed by atoms with Gasteiger partial charge in [0.15, 0.2) is 11.5 Å². The average Bonchev–Trinajstić information content (AvgIpc) is 3.55. The van der Waals surface area contributed by atoms with Crippen molar-refractivity contribution in [3.05, 3.63) is 69.5 Å². The molecule has 0 bridgehead atoms. The highest BCUT2D eigenvalue weighted by molar-refractivity contribution is 5.77. The van der Waals surface area contributed by atoms with Crippen LogP contribution in [0.1, 0.15) is 50.4 Å². The van der Waals surface area contributed by atoms with E-state index >= 15 is 0 Å². The SMILES string of the molecule is CCn1c(=O)c2cnc(Nc3ccc4c(c3)CNCC43CC3)nc2n1-c1ccc(F)c(C(C)(C)F)n1. The van der Waals surface area contributed by atoms with Crippen LogP contribution >= 0.6 is 0 Å². The summed E-state index contributed by atoms with van der Waals surface area (Å²) in [6.07, 6.45) is 3.90. The molecule has 4 aromatic rings. The summed E-state index contributed by atoms with van der Waals surface area (Å²) in [5.74, 6) is -0.243. The molecular formula is C26H27F2N7O. The maximum absolute atomic E-state index is 14.6. The van der Waals surface area contributed by atoms with E-state index in [9.17, 15) is 13.6 Å². The summed E-state index contributed by atoms with van der Waals surface area (Å²) in [7, 11) is 0. The van der Waals surface area contributed by atoms with E-state index in [2.05, 4.69) is 37.7 Å². The predicted octanol–water partition coefficient (Wildman–Crippen LogP) is 4.22. The quantitative estimate of drug-likeness (QED) is 0.435. The summed E-state index contributed by atoms with van der Waals surface area (Å²) in [5, 5.41) is 7.05. The van der Waals surface area contributed by atoms with Crippen LogP contribution in [0.4, 0.5) is 20.4 Å². The number of pyridine rings is 1. The van der Waals surface area contributed by atoms with Gasteiger partial charge in [-0.3, -0.25) is 4.79 Å². The lowest BCUT2D eigenvalue weighted by molar-refractivity contribution is 0.205. The number of fused-ring (bicyclic) bond motifs is 3. The fraction of sp³-hybridized carbons (Fsp3) is 0.385. The molecule has 8 nitrogen and oxygen atoms in total. The van der Waals surface area contributed by atoms with Crippen molar-refractivity contribution in [2.75, 3.05) is 11.9 Å². The number of aromatic nitrogens is 5. The number of nitrogens with zero attached hydrogens (tertiary/aromatic N) is 5. The van der Waals surface area contributed by atoms with E-state index in [1.165, 1.54) is 59.4 Å². The first-order valence-electron chi connectivity index (χ1n) is 12.2. The van der Waals surface area contributed by atoms with Crippen LogP contribution < -0.4 is 16.2 Å². The second-order valence-electron chi connectivity index (χ2n) is 10.1. The van der Waals surface area contributed by atoms with Gasteiger partial charge in [-0.2, -0.15) is 4.98 Å². The molecule has 0 saturated heterocycles. The summed E-state index contributed by atoms with van der Waals surface area (Å²) in [5.41, 5.74) is 1.47. The number of anilines is 2. The minimum absolute atomic E-state index is 0.199. The lowest BCUT2D eigenvalue weighted by Crippen LogP contribution is -2.33. The summed E-state index contributed by atoms with van der Waals surface area (Å²) in [6, 6.07) is 8.88. The Morgan fingerprint density at radius 2 is 2.00 bits per heavy atom. The van der Waals surface area contributed by atoms with Crippen molar-refractivity contribution in [2.24, 2.45) is 0 Å². The van der Waals surface area contributed by atoms with Gasteiger partial charge in [-0.25, -0.2) is 28.1 Å². The number of hydrogen-bond donors (Lipinski definition) is 2. The monoisotopic (exact) mass is 491 g/mol. The van der Waals surface area contributed by atoms with E-state index in [0.29, 0.717) is 23.5 Å². The van der Waals surface area contributed by atoms with Gasteiger partial charge in [-0.15, -0.1) is 0 Å². The molecule has 2 aliphatic rings. The molecule has 1 fully saturated rings. The second kappa shape index (κ2) is 7.92. The van der Waals surface area contributed by atoms with Crippen LogP contribution in [0, 0.1) is 5.82 Å². The Kier molecular flexibility index (Phi) is 5.01. The van der Waals surface area contributed by atoms with Crippen molar-refractivity contribution in [2.45, 2.75) is 57.8 Å². The molecule has 0 amide bonds. The highest BCUT2D eigenvalue weighted by Crippen LogP contribution is 2.50. The third-order valence-corrected chi connectivity index (χ3v) is 7.15. The Labute approximate surface area is 206 Å². The van der Waals surface area contributed by atoms with Crippen molar-refractivity contribution in [3.63, 3.8) is 0 Å². The molecule has 0 unspecified atom stereocenters. The minimum atomic E-state index is -2.00. The summed E-state index contributed by atoms with van der Waals surface area (Å²) in [4.78, 5) is 26.3. The maximum Gasteiger partial charge on any atom is 0.278 e. The number of halogens is 2. The lowest BCUT2D eigenvalue weighted by Gasteiger charge is -2.26. The second-order valence-corrected chi connectivity index (χ2v) is 10.1. The Hall–Kier alpha value is -3.66. The third kappa shape index (κ3) is 3.59. The van der Waals surface area contributed by atoms with Crippen LogP contribution in [0.15, 0.2) is 41.3 Å². The Bertz CT molecular complexity index is 1560. The van der Waals surface area contributed by atoms with E-state index in [1.807, 2.05) is 6.07 Å². The van der Waals surface area contributed by atoms with Crippen molar-refractivity contribution in [1.82, 2.24) is 29.6 Å². The van der Waals surface area contributed by atoms with E-state index in [0.717, 1.165) is 24.8 Å². The zero-order chi connectivity index (χ0) is 25.2. The van der Waals surface area contributed by atoms with E-state index in [4.69, 9.17) is 0 Å². The molecule has 1 aliphatic carbocycles. The standard InChI is InChI=1S/C26H27F2N7O/c1-4-34-23(36)17-13-30-24(31-16-5-6-18-15(11-16)12-29-14-26(18)9-10-26)33-22(17)35(34)20-8-7-19(27)21(32-20)25(2,3)28/h5-8,11,13,29H,4,9-10,12,14H2,1-3H3,(H,30,31,33). The summed E-state index contributed by atoms with van der Waals surface area (Å²) >= 11 is 0. The topological polar surface area (TPSA) is 89.7 Å². The molecule has 1 saturated carbocycles. The van der Waals surface area contributed by atoms with Crippen molar-refractivity contribution in [3.8, 4) is 5.82 Å². The molecule has 10 heteroatoms. The lowest BCUT2D eigenvalue weighted by atomic mass is 9.88. The average molecular weight is 492 g/mol. The Morgan fingerprint density at radius 3 is 2.72 bits per heavy atom. The highest BCUT2D eigenvalue weighted by Gasteiger charge is 2.46. The van der Waals surface area contributed by atoms with Crippen molar-refractivity contribution >= 4 is 22.7 Å². The number of rotatable bonds is 5. The number of hydrogen-bond acceptors (Lipinski definition) is 6. The van der Waals surface area contributed by atoms with Gasteiger partial charge in [0.05, 0.1) is 0 Å².